The van der Waals surface area contributed by atoms with Crippen molar-refractivity contribution in [1.82, 2.24) is 10.6 Å². The van der Waals surface area contributed by atoms with Gasteiger partial charge in [-0.15, -0.1) is 0 Å². The fourth-order valence-corrected chi connectivity index (χ4v) is 3.12. The maximum atomic E-state index is 13.4. The van der Waals surface area contributed by atoms with Crippen LogP contribution in [0.4, 0.5) is 4.39 Å². The van der Waals surface area contributed by atoms with E-state index in [0.29, 0.717) is 6.04 Å². The summed E-state index contributed by atoms with van der Waals surface area (Å²) in [5, 5.41) is 7.03. The second-order valence-electron chi connectivity index (χ2n) is 5.69. The molecule has 0 bridgehead atoms. The lowest BCUT2D eigenvalue weighted by atomic mass is 9.94. The lowest BCUT2D eigenvalue weighted by molar-refractivity contribution is 0.406. The van der Waals surface area contributed by atoms with Gasteiger partial charge in [-0.2, -0.15) is 0 Å². The highest BCUT2D eigenvalue weighted by Crippen LogP contribution is 2.21. The molecule has 1 aromatic rings. The van der Waals surface area contributed by atoms with Crippen molar-refractivity contribution in [2.24, 2.45) is 4.99 Å². The molecular weight excluding hydrogens is 253 g/mol. The van der Waals surface area contributed by atoms with Crippen molar-refractivity contribution in [1.29, 1.82) is 0 Å². The summed E-state index contributed by atoms with van der Waals surface area (Å²) in [7, 11) is 0. The molecule has 1 aliphatic carbocycles. The van der Waals surface area contributed by atoms with E-state index >= 15 is 0 Å². The Hall–Kier alpha value is -1.42. The van der Waals surface area contributed by atoms with Gasteiger partial charge >= 0.3 is 0 Å². The van der Waals surface area contributed by atoms with Crippen molar-refractivity contribution in [2.75, 3.05) is 13.1 Å². The molecule has 0 saturated heterocycles. The van der Waals surface area contributed by atoms with Crippen molar-refractivity contribution in [2.45, 2.75) is 44.2 Å². The van der Waals surface area contributed by atoms with Crippen molar-refractivity contribution in [3.63, 3.8) is 0 Å². The van der Waals surface area contributed by atoms with Crippen LogP contribution in [0.2, 0.25) is 0 Å². The highest BCUT2D eigenvalue weighted by atomic mass is 19.1. The Labute approximate surface area is 119 Å². The third-order valence-corrected chi connectivity index (χ3v) is 4.16. The Bertz CT molecular complexity index is 480. The monoisotopic (exact) mass is 275 g/mol. The molecule has 20 heavy (non-hydrogen) atoms. The van der Waals surface area contributed by atoms with Crippen LogP contribution >= 0.6 is 0 Å². The van der Waals surface area contributed by atoms with Crippen LogP contribution in [0.15, 0.2) is 29.3 Å². The molecule has 3 rings (SSSR count). The molecular formula is C16H22FN3. The van der Waals surface area contributed by atoms with Crippen LogP contribution in [0.1, 0.15) is 43.7 Å². The average molecular weight is 275 g/mol. The highest BCUT2D eigenvalue weighted by molar-refractivity contribution is 5.89. The summed E-state index contributed by atoms with van der Waals surface area (Å²) >= 11 is 0. The Kier molecular flexibility index (Phi) is 4.31. The third-order valence-electron chi connectivity index (χ3n) is 4.16. The van der Waals surface area contributed by atoms with Gasteiger partial charge in [-0.25, -0.2) is 4.39 Å². The van der Waals surface area contributed by atoms with Gasteiger partial charge in [-0.05, 0) is 30.5 Å². The molecule has 1 atom stereocenters. The third kappa shape index (κ3) is 3.18. The first kappa shape index (κ1) is 13.6. The van der Waals surface area contributed by atoms with Gasteiger partial charge in [0.15, 0.2) is 0 Å². The first-order valence-electron chi connectivity index (χ1n) is 7.62. The minimum atomic E-state index is -0.188. The molecule has 1 fully saturated rings. The zero-order chi connectivity index (χ0) is 13.8. The van der Waals surface area contributed by atoms with E-state index in [4.69, 9.17) is 0 Å². The van der Waals surface area contributed by atoms with Crippen LogP contribution in [0, 0.1) is 5.82 Å². The summed E-state index contributed by atoms with van der Waals surface area (Å²) in [6.45, 7) is 1.64. The van der Waals surface area contributed by atoms with E-state index < -0.39 is 0 Å². The van der Waals surface area contributed by atoms with Crippen molar-refractivity contribution < 1.29 is 4.39 Å². The number of halogens is 1. The summed E-state index contributed by atoms with van der Waals surface area (Å²) < 4.78 is 13.4. The number of amidine groups is 1. The Morgan fingerprint density at radius 3 is 2.85 bits per heavy atom. The fourth-order valence-electron chi connectivity index (χ4n) is 3.12. The fraction of sp³-hybridized carbons (Fsp3) is 0.562. The van der Waals surface area contributed by atoms with Gasteiger partial charge < -0.3 is 10.6 Å². The first-order valence-corrected chi connectivity index (χ1v) is 7.62. The minimum Gasteiger partial charge on any atom is -0.370 e. The summed E-state index contributed by atoms with van der Waals surface area (Å²) in [5.41, 5.74) is 0.951. The second kappa shape index (κ2) is 6.35. The number of benzene rings is 1. The number of nitrogens with one attached hydrogen (secondary N) is 2. The predicted octanol–water partition coefficient (Wildman–Crippen LogP) is 2.79. The van der Waals surface area contributed by atoms with Crippen LogP contribution in [-0.4, -0.2) is 25.0 Å². The van der Waals surface area contributed by atoms with E-state index in [9.17, 15) is 4.39 Å². The molecule has 0 spiro atoms. The highest BCUT2D eigenvalue weighted by Gasteiger charge is 2.24. The van der Waals surface area contributed by atoms with Crippen LogP contribution < -0.4 is 10.6 Å². The standard InChI is InChI=1S/C16H22FN3/c17-13-6-4-5-12(11-13)15-16(19-10-9-18-15)20-14-7-2-1-3-8-14/h4-6,11,14-15,18H,1-3,7-10H2,(H,19,20). The van der Waals surface area contributed by atoms with Gasteiger partial charge in [0.05, 0.1) is 12.6 Å². The molecule has 2 aliphatic rings. The molecule has 0 aromatic heterocycles. The van der Waals surface area contributed by atoms with Crippen molar-refractivity contribution in [3.05, 3.63) is 35.6 Å². The van der Waals surface area contributed by atoms with Gasteiger partial charge in [0.25, 0.3) is 0 Å². The smallest absolute Gasteiger partial charge is 0.123 e. The predicted molar refractivity (Wildman–Crippen MR) is 79.5 cm³/mol. The van der Waals surface area contributed by atoms with E-state index in [1.807, 2.05) is 6.07 Å². The lowest BCUT2D eigenvalue weighted by Gasteiger charge is -2.31. The number of aliphatic imine (C=N–C) groups is 1. The van der Waals surface area contributed by atoms with Crippen LogP contribution in [-0.2, 0) is 0 Å². The maximum Gasteiger partial charge on any atom is 0.123 e. The number of nitrogens with zero attached hydrogens (tertiary/aromatic N) is 1. The molecule has 0 amide bonds. The van der Waals surface area contributed by atoms with Gasteiger partial charge in [0.1, 0.15) is 11.7 Å². The summed E-state index contributed by atoms with van der Waals surface area (Å²) in [6.07, 6.45) is 6.37. The van der Waals surface area contributed by atoms with Crippen LogP contribution in [0.3, 0.4) is 0 Å². The van der Waals surface area contributed by atoms with Crippen molar-refractivity contribution in [3.8, 4) is 0 Å². The van der Waals surface area contributed by atoms with Crippen LogP contribution in [0.25, 0.3) is 0 Å². The number of hydrogen-bond acceptors (Lipinski definition) is 3. The molecule has 0 radical (unpaired) electrons. The summed E-state index contributed by atoms with van der Waals surface area (Å²) in [4.78, 5) is 4.63. The molecule has 2 N–H and O–H groups in total. The molecule has 1 aromatic carbocycles. The molecule has 1 heterocycles. The summed E-state index contributed by atoms with van der Waals surface area (Å²) in [5.74, 6) is 0.792. The molecule has 4 heteroatoms. The van der Waals surface area contributed by atoms with E-state index in [-0.39, 0.29) is 11.9 Å². The van der Waals surface area contributed by atoms with E-state index in [0.717, 1.165) is 24.5 Å². The quantitative estimate of drug-likeness (QED) is 0.870. The van der Waals surface area contributed by atoms with Crippen LogP contribution in [0.5, 0.6) is 0 Å². The molecule has 1 saturated carbocycles. The maximum absolute atomic E-state index is 13.4. The van der Waals surface area contributed by atoms with E-state index in [1.165, 1.54) is 38.2 Å². The van der Waals surface area contributed by atoms with Crippen molar-refractivity contribution >= 4 is 5.84 Å². The zero-order valence-electron chi connectivity index (χ0n) is 11.7. The SMILES string of the molecule is Fc1cccc(C2NCCN=C2NC2CCCCC2)c1. The molecule has 1 unspecified atom stereocenters. The Morgan fingerprint density at radius 1 is 1.20 bits per heavy atom. The van der Waals surface area contributed by atoms with Gasteiger partial charge in [-0.3, -0.25) is 4.99 Å². The normalized spacial score (nSPS) is 24.2. The van der Waals surface area contributed by atoms with Gasteiger partial charge in [-0.1, -0.05) is 31.4 Å². The lowest BCUT2D eigenvalue weighted by Crippen LogP contribution is -2.46. The number of rotatable bonds is 2. The molecule has 108 valence electrons. The molecule has 1 aliphatic heterocycles. The van der Waals surface area contributed by atoms with Gasteiger partial charge in [0.2, 0.25) is 0 Å². The zero-order valence-corrected chi connectivity index (χ0v) is 11.7. The van der Waals surface area contributed by atoms with E-state index in [2.05, 4.69) is 15.6 Å². The summed E-state index contributed by atoms with van der Waals surface area (Å²) in [6, 6.07) is 7.34. The Morgan fingerprint density at radius 2 is 2.05 bits per heavy atom. The number of hydrogen-bond donors (Lipinski definition) is 2. The largest absolute Gasteiger partial charge is 0.370 e. The Balaban J connectivity index is 1.75. The average Bonchev–Trinajstić information content (AvgIpc) is 2.49. The topological polar surface area (TPSA) is 36.4 Å². The molecule has 3 nitrogen and oxygen atoms in total. The van der Waals surface area contributed by atoms with Gasteiger partial charge in [0, 0.05) is 12.6 Å². The minimum absolute atomic E-state index is 0.00127. The van der Waals surface area contributed by atoms with E-state index in [1.54, 1.807) is 12.1 Å². The first-order chi connectivity index (χ1) is 9.83. The second-order valence-corrected chi connectivity index (χ2v) is 5.69.